The third-order valence-corrected chi connectivity index (χ3v) is 7.14. The molecule has 0 radical (unpaired) electrons. The zero-order valence-corrected chi connectivity index (χ0v) is 16.6. The molecular weight excluding hydrogens is 336 g/mol. The van der Waals surface area contributed by atoms with Crippen LogP contribution in [0.3, 0.4) is 0 Å². The van der Waals surface area contributed by atoms with E-state index in [0.717, 1.165) is 24.6 Å². The summed E-state index contributed by atoms with van der Waals surface area (Å²) in [7, 11) is 0. The lowest BCUT2D eigenvalue weighted by Gasteiger charge is -2.59. The van der Waals surface area contributed by atoms with E-state index in [1.807, 2.05) is 31.9 Å². The van der Waals surface area contributed by atoms with Crippen LogP contribution in [-0.4, -0.2) is 60.2 Å². The number of thiazole rings is 1. The van der Waals surface area contributed by atoms with Crippen molar-refractivity contribution in [3.8, 4) is 0 Å². The molecule has 2 fully saturated rings. The number of carbonyl (C=O) groups is 1. The molecule has 0 spiro atoms. The van der Waals surface area contributed by atoms with Crippen molar-refractivity contribution in [2.24, 2.45) is 11.1 Å². The molecule has 7 heteroatoms. The van der Waals surface area contributed by atoms with Gasteiger partial charge in [-0.15, -0.1) is 11.3 Å². The largest absolute Gasteiger partial charge is 0.378 e. The molecule has 2 heterocycles. The van der Waals surface area contributed by atoms with Gasteiger partial charge >= 0.3 is 0 Å². The Hall–Kier alpha value is -1.18. The van der Waals surface area contributed by atoms with Crippen LogP contribution in [-0.2, 0) is 16.0 Å². The number of aryl methyl sites for hydroxylation is 1. The number of hydrogen-bond donors (Lipinski definition) is 1. The highest BCUT2D eigenvalue weighted by Gasteiger charge is 2.63. The molecular formula is C18H30N4O2S. The second kappa shape index (κ2) is 6.85. The third kappa shape index (κ3) is 3.06. The van der Waals surface area contributed by atoms with Crippen molar-refractivity contribution in [1.82, 2.24) is 9.88 Å². The maximum absolute atomic E-state index is 13.1. The Balaban J connectivity index is 1.60. The zero-order chi connectivity index (χ0) is 18.2. The van der Waals surface area contributed by atoms with Crippen molar-refractivity contribution in [3.05, 3.63) is 11.1 Å². The van der Waals surface area contributed by atoms with Gasteiger partial charge in [-0.3, -0.25) is 4.79 Å². The van der Waals surface area contributed by atoms with Gasteiger partial charge in [0.1, 0.15) is 5.54 Å². The van der Waals surface area contributed by atoms with Gasteiger partial charge in [-0.05, 0) is 13.3 Å². The molecule has 25 heavy (non-hydrogen) atoms. The first-order valence-electron chi connectivity index (χ1n) is 9.23. The smallest absolute Gasteiger partial charge is 0.243 e. The van der Waals surface area contributed by atoms with Gasteiger partial charge in [0.15, 0.2) is 5.13 Å². The number of carbonyl (C=O) groups excluding carboxylic acids is 1. The first kappa shape index (κ1) is 18.6. The van der Waals surface area contributed by atoms with Gasteiger partial charge in [0, 0.05) is 55.7 Å². The molecule has 6 nitrogen and oxygen atoms in total. The lowest BCUT2D eigenvalue weighted by atomic mass is 9.54. The molecule has 1 saturated carbocycles. The fraction of sp³-hybridized carbons (Fsp3) is 0.778. The Bertz CT molecular complexity index is 624. The summed E-state index contributed by atoms with van der Waals surface area (Å²) < 4.78 is 5.75. The normalized spacial score (nSPS) is 28.8. The molecule has 2 aliphatic rings. The van der Waals surface area contributed by atoms with Crippen LogP contribution in [0.4, 0.5) is 5.13 Å². The number of anilines is 1. The predicted octanol–water partition coefficient (Wildman–Crippen LogP) is 1.89. The van der Waals surface area contributed by atoms with E-state index in [0.29, 0.717) is 26.1 Å². The number of hydrogen-bond acceptors (Lipinski definition) is 6. The van der Waals surface area contributed by atoms with Crippen LogP contribution in [0.15, 0.2) is 6.20 Å². The fourth-order valence-electron chi connectivity index (χ4n) is 3.79. The van der Waals surface area contributed by atoms with Crippen LogP contribution in [0.5, 0.6) is 0 Å². The molecule has 1 aliphatic heterocycles. The van der Waals surface area contributed by atoms with E-state index in [1.165, 1.54) is 4.88 Å². The highest BCUT2D eigenvalue weighted by molar-refractivity contribution is 7.15. The number of nitrogens with zero attached hydrogens (tertiary/aromatic N) is 3. The second-order valence-electron chi connectivity index (χ2n) is 7.58. The summed E-state index contributed by atoms with van der Waals surface area (Å²) in [6.45, 7) is 11.9. The molecule has 3 rings (SSSR count). The summed E-state index contributed by atoms with van der Waals surface area (Å²) in [6.07, 6.45) is 3.65. The quantitative estimate of drug-likeness (QED) is 0.862. The number of nitrogens with two attached hydrogens (primary N) is 1. The second-order valence-corrected chi connectivity index (χ2v) is 8.68. The average Bonchev–Trinajstić information content (AvgIpc) is 3.10. The Labute approximate surface area is 154 Å². The lowest BCUT2D eigenvalue weighted by Crippen LogP contribution is -2.76. The minimum absolute atomic E-state index is 0.0653. The van der Waals surface area contributed by atoms with Crippen LogP contribution < -0.4 is 10.6 Å². The van der Waals surface area contributed by atoms with Gasteiger partial charge in [0.05, 0.1) is 6.10 Å². The minimum Gasteiger partial charge on any atom is -0.378 e. The number of amides is 1. The molecule has 2 unspecified atom stereocenters. The van der Waals surface area contributed by atoms with Gasteiger partial charge in [-0.1, -0.05) is 20.8 Å². The molecule has 1 aromatic rings. The van der Waals surface area contributed by atoms with Crippen molar-refractivity contribution < 1.29 is 9.53 Å². The number of piperazine rings is 1. The van der Waals surface area contributed by atoms with E-state index >= 15 is 0 Å². The van der Waals surface area contributed by atoms with E-state index in [4.69, 9.17) is 10.5 Å². The Morgan fingerprint density at radius 1 is 1.36 bits per heavy atom. The maximum Gasteiger partial charge on any atom is 0.243 e. The van der Waals surface area contributed by atoms with Crippen LogP contribution in [0.25, 0.3) is 0 Å². The molecule has 1 aliphatic carbocycles. The summed E-state index contributed by atoms with van der Waals surface area (Å²) in [5.41, 5.74) is 5.40. The van der Waals surface area contributed by atoms with Crippen molar-refractivity contribution >= 4 is 22.4 Å². The first-order chi connectivity index (χ1) is 11.8. The van der Waals surface area contributed by atoms with Crippen molar-refractivity contribution in [2.45, 2.75) is 52.2 Å². The van der Waals surface area contributed by atoms with Crippen molar-refractivity contribution in [1.29, 1.82) is 0 Å². The van der Waals surface area contributed by atoms with E-state index in [1.54, 1.807) is 11.3 Å². The fourth-order valence-corrected chi connectivity index (χ4v) is 4.69. The standard InChI is InChI=1S/C18H30N4O2S/c1-5-13-12-20-16(25-13)22-9-7-21(8-10-22)15(23)18(19)11-14(24-6-2)17(18,3)4/h12,14H,5-11,19H2,1-4H3. The third-order valence-electron chi connectivity index (χ3n) is 5.94. The van der Waals surface area contributed by atoms with Gasteiger partial charge in [-0.25, -0.2) is 4.98 Å². The zero-order valence-electron chi connectivity index (χ0n) is 15.7. The Morgan fingerprint density at radius 3 is 2.56 bits per heavy atom. The SMILES string of the molecule is CCOC1CC(N)(C(=O)N2CCN(c3ncc(CC)s3)CC2)C1(C)C. The molecule has 2 N–H and O–H groups in total. The van der Waals surface area contributed by atoms with E-state index in [9.17, 15) is 4.79 Å². The van der Waals surface area contributed by atoms with Gasteiger partial charge in [0.25, 0.3) is 0 Å². The molecule has 140 valence electrons. The summed E-state index contributed by atoms with van der Waals surface area (Å²) in [4.78, 5) is 23.1. The maximum atomic E-state index is 13.1. The highest BCUT2D eigenvalue weighted by Crippen LogP contribution is 2.50. The summed E-state index contributed by atoms with van der Waals surface area (Å²) in [6, 6.07) is 0. The average molecular weight is 367 g/mol. The number of rotatable bonds is 5. The Morgan fingerprint density at radius 2 is 2.04 bits per heavy atom. The predicted molar refractivity (Wildman–Crippen MR) is 101 cm³/mol. The van der Waals surface area contributed by atoms with Crippen LogP contribution in [0.2, 0.25) is 0 Å². The van der Waals surface area contributed by atoms with Crippen LogP contribution in [0.1, 0.15) is 39.0 Å². The van der Waals surface area contributed by atoms with Crippen molar-refractivity contribution in [3.63, 3.8) is 0 Å². The summed E-state index contributed by atoms with van der Waals surface area (Å²) in [5, 5.41) is 1.06. The Kier molecular flexibility index (Phi) is 5.10. The molecule has 0 bridgehead atoms. The number of aromatic nitrogens is 1. The van der Waals surface area contributed by atoms with E-state index in [-0.39, 0.29) is 17.4 Å². The first-order valence-corrected chi connectivity index (χ1v) is 10.0. The summed E-state index contributed by atoms with van der Waals surface area (Å²) in [5.74, 6) is 0.0708. The lowest BCUT2D eigenvalue weighted by molar-refractivity contribution is -0.179. The molecule has 0 aromatic carbocycles. The van der Waals surface area contributed by atoms with Crippen LogP contribution in [0, 0.1) is 5.41 Å². The van der Waals surface area contributed by atoms with E-state index < -0.39 is 5.54 Å². The van der Waals surface area contributed by atoms with Gasteiger partial charge in [0.2, 0.25) is 5.91 Å². The highest BCUT2D eigenvalue weighted by atomic mass is 32.1. The van der Waals surface area contributed by atoms with Crippen molar-refractivity contribution in [2.75, 3.05) is 37.7 Å². The van der Waals surface area contributed by atoms with Gasteiger partial charge in [-0.2, -0.15) is 0 Å². The van der Waals surface area contributed by atoms with Gasteiger partial charge < -0.3 is 20.3 Å². The monoisotopic (exact) mass is 366 g/mol. The topological polar surface area (TPSA) is 71.7 Å². The van der Waals surface area contributed by atoms with Crippen LogP contribution >= 0.6 is 11.3 Å². The summed E-state index contributed by atoms with van der Waals surface area (Å²) >= 11 is 1.75. The molecule has 1 aromatic heterocycles. The molecule has 1 amide bonds. The molecule has 2 atom stereocenters. The minimum atomic E-state index is -0.814. The number of ether oxygens (including phenoxy) is 1. The molecule has 1 saturated heterocycles. The van der Waals surface area contributed by atoms with E-state index in [2.05, 4.69) is 16.8 Å².